The van der Waals surface area contributed by atoms with Crippen LogP contribution in [-0.2, 0) is 16.0 Å². The van der Waals surface area contributed by atoms with Crippen LogP contribution in [-0.4, -0.2) is 54.0 Å². The van der Waals surface area contributed by atoms with Gasteiger partial charge in [-0.3, -0.25) is 14.5 Å². The van der Waals surface area contributed by atoms with Crippen LogP contribution in [0.5, 0.6) is 0 Å². The van der Waals surface area contributed by atoms with Gasteiger partial charge in [-0.2, -0.15) is 0 Å². The Balaban J connectivity index is 1.41. The molecule has 0 spiro atoms. The van der Waals surface area contributed by atoms with E-state index >= 15 is 0 Å². The van der Waals surface area contributed by atoms with E-state index in [1.165, 1.54) is 4.90 Å². The molecule has 0 saturated carbocycles. The monoisotopic (exact) mass is 508 g/mol. The quantitative estimate of drug-likeness (QED) is 0.286. The van der Waals surface area contributed by atoms with Gasteiger partial charge in [0.25, 0.3) is 11.8 Å². The first kappa shape index (κ1) is 23.9. The van der Waals surface area contributed by atoms with Crippen molar-refractivity contribution < 1.29 is 19.1 Å². The standard InChI is InChI=1S/C30H28N4O4/c1-38-17-9-16-31-28(35)21-13-6-8-15-24(21)34-29(36)25-18-22-20-12-5-7-14-23(20)32-26(22)27(33(25)30(34)37)19-10-3-2-4-11-19/h2-8,10-15,25,27,32H,9,16-18H2,1H3,(H,31,35). The van der Waals surface area contributed by atoms with Gasteiger partial charge in [0.1, 0.15) is 12.1 Å². The Hall–Kier alpha value is -4.43. The minimum atomic E-state index is -0.683. The first-order valence-corrected chi connectivity index (χ1v) is 12.8. The molecule has 4 amide bonds. The highest BCUT2D eigenvalue weighted by molar-refractivity contribution is 6.24. The van der Waals surface area contributed by atoms with Crippen LogP contribution < -0.4 is 10.2 Å². The van der Waals surface area contributed by atoms with Gasteiger partial charge in [0.15, 0.2) is 0 Å². The highest BCUT2D eigenvalue weighted by Gasteiger charge is 2.53. The molecule has 2 aliphatic heterocycles. The number of hydrogen-bond acceptors (Lipinski definition) is 4. The smallest absolute Gasteiger partial charge is 0.332 e. The van der Waals surface area contributed by atoms with Gasteiger partial charge >= 0.3 is 6.03 Å². The number of methoxy groups -OCH3 is 1. The molecule has 8 nitrogen and oxygen atoms in total. The molecule has 1 fully saturated rings. The van der Waals surface area contributed by atoms with Crippen molar-refractivity contribution in [1.82, 2.24) is 15.2 Å². The highest BCUT2D eigenvalue weighted by Crippen LogP contribution is 2.45. The fourth-order valence-electron chi connectivity index (χ4n) is 5.65. The van der Waals surface area contributed by atoms with Crippen molar-refractivity contribution in [3.05, 3.63) is 101 Å². The van der Waals surface area contributed by atoms with Gasteiger partial charge in [0.05, 0.1) is 11.3 Å². The van der Waals surface area contributed by atoms with Crippen LogP contribution in [0.4, 0.5) is 10.5 Å². The van der Waals surface area contributed by atoms with Crippen LogP contribution in [0.25, 0.3) is 10.9 Å². The fraction of sp³-hybridized carbons (Fsp3) is 0.233. The number of aromatic nitrogens is 1. The molecule has 3 aromatic carbocycles. The molecule has 8 heteroatoms. The molecule has 6 rings (SSSR count). The minimum Gasteiger partial charge on any atom is -0.385 e. The molecule has 0 radical (unpaired) electrons. The summed E-state index contributed by atoms with van der Waals surface area (Å²) in [7, 11) is 1.61. The van der Waals surface area contributed by atoms with Crippen molar-refractivity contribution in [2.45, 2.75) is 24.9 Å². The van der Waals surface area contributed by atoms with Crippen LogP contribution in [0.15, 0.2) is 78.9 Å². The Morgan fingerprint density at radius 1 is 1.00 bits per heavy atom. The van der Waals surface area contributed by atoms with E-state index in [1.54, 1.807) is 36.3 Å². The normalized spacial score (nSPS) is 18.6. The molecule has 0 aliphatic carbocycles. The number of aromatic amines is 1. The molecule has 0 bridgehead atoms. The van der Waals surface area contributed by atoms with E-state index in [0.29, 0.717) is 31.7 Å². The number of ether oxygens (including phenoxy) is 1. The third kappa shape index (κ3) is 3.85. The lowest BCUT2D eigenvalue weighted by atomic mass is 9.89. The van der Waals surface area contributed by atoms with Crippen LogP contribution >= 0.6 is 0 Å². The maximum absolute atomic E-state index is 14.1. The summed E-state index contributed by atoms with van der Waals surface area (Å²) in [6.07, 6.45) is 1.06. The summed E-state index contributed by atoms with van der Waals surface area (Å²) in [5, 5.41) is 3.92. The number of carbonyl (C=O) groups excluding carboxylic acids is 3. The van der Waals surface area contributed by atoms with E-state index < -0.39 is 18.1 Å². The SMILES string of the molecule is COCCCNC(=O)c1ccccc1N1C(=O)C2Cc3c([nH]c4ccccc34)C(c3ccccc3)N2C1=O. The van der Waals surface area contributed by atoms with E-state index in [0.717, 1.165) is 27.7 Å². The number of nitrogens with one attached hydrogen (secondary N) is 2. The van der Waals surface area contributed by atoms with Crippen molar-refractivity contribution >= 4 is 34.4 Å². The van der Waals surface area contributed by atoms with Crippen molar-refractivity contribution in [3.63, 3.8) is 0 Å². The van der Waals surface area contributed by atoms with Gasteiger partial charge in [-0.05, 0) is 35.7 Å². The highest BCUT2D eigenvalue weighted by atomic mass is 16.5. The zero-order valence-electron chi connectivity index (χ0n) is 21.0. The molecule has 3 heterocycles. The Kier molecular flexibility index (Phi) is 6.17. The van der Waals surface area contributed by atoms with Gasteiger partial charge in [-0.25, -0.2) is 9.69 Å². The van der Waals surface area contributed by atoms with Crippen LogP contribution in [0, 0.1) is 0 Å². The Labute approximate surface area is 220 Å². The van der Waals surface area contributed by atoms with Crippen molar-refractivity contribution in [2.75, 3.05) is 25.2 Å². The molecule has 4 aromatic rings. The number of amides is 4. The van der Waals surface area contributed by atoms with E-state index in [-0.39, 0.29) is 17.4 Å². The van der Waals surface area contributed by atoms with E-state index in [2.05, 4.69) is 10.3 Å². The first-order valence-electron chi connectivity index (χ1n) is 12.8. The average molecular weight is 509 g/mol. The number of urea groups is 1. The molecule has 1 saturated heterocycles. The third-order valence-electron chi connectivity index (χ3n) is 7.36. The number of fused-ring (bicyclic) bond motifs is 4. The van der Waals surface area contributed by atoms with E-state index in [1.807, 2.05) is 54.6 Å². The second-order valence-electron chi connectivity index (χ2n) is 9.58. The summed E-state index contributed by atoms with van der Waals surface area (Å²) in [5.74, 6) is -0.663. The summed E-state index contributed by atoms with van der Waals surface area (Å²) in [4.78, 5) is 47.5. The topological polar surface area (TPSA) is 94.7 Å². The molecule has 2 atom stereocenters. The van der Waals surface area contributed by atoms with Crippen LogP contribution in [0.3, 0.4) is 0 Å². The first-order chi connectivity index (χ1) is 18.6. The number of benzene rings is 3. The second kappa shape index (κ2) is 9.79. The van der Waals surface area contributed by atoms with Gasteiger partial charge in [0.2, 0.25) is 0 Å². The summed E-state index contributed by atoms with van der Waals surface area (Å²) in [6.45, 7) is 0.951. The summed E-state index contributed by atoms with van der Waals surface area (Å²) >= 11 is 0. The minimum absolute atomic E-state index is 0.284. The number of carbonyl (C=O) groups is 3. The zero-order valence-corrected chi connectivity index (χ0v) is 21.0. The van der Waals surface area contributed by atoms with Crippen molar-refractivity contribution in [2.24, 2.45) is 0 Å². The molecule has 1 aromatic heterocycles. The molecule has 2 unspecified atom stereocenters. The molecule has 38 heavy (non-hydrogen) atoms. The Morgan fingerprint density at radius 2 is 1.74 bits per heavy atom. The molecular formula is C30H28N4O4. The number of para-hydroxylation sites is 2. The van der Waals surface area contributed by atoms with Gasteiger partial charge in [-0.15, -0.1) is 0 Å². The maximum atomic E-state index is 14.1. The summed E-state index contributed by atoms with van der Waals surface area (Å²) < 4.78 is 5.05. The van der Waals surface area contributed by atoms with Gasteiger partial charge in [0, 0.05) is 43.3 Å². The molecule has 192 valence electrons. The van der Waals surface area contributed by atoms with E-state index in [9.17, 15) is 14.4 Å². The van der Waals surface area contributed by atoms with Crippen molar-refractivity contribution in [1.29, 1.82) is 0 Å². The lowest BCUT2D eigenvalue weighted by Crippen LogP contribution is -2.44. The number of anilines is 1. The number of nitrogens with zero attached hydrogens (tertiary/aromatic N) is 2. The second-order valence-corrected chi connectivity index (χ2v) is 9.58. The lowest BCUT2D eigenvalue weighted by molar-refractivity contribution is -0.120. The number of imide groups is 1. The van der Waals surface area contributed by atoms with Crippen molar-refractivity contribution in [3.8, 4) is 0 Å². The molecular weight excluding hydrogens is 480 g/mol. The summed E-state index contributed by atoms with van der Waals surface area (Å²) in [6, 6.07) is 23.0. The van der Waals surface area contributed by atoms with Crippen LogP contribution in [0.1, 0.15) is 39.6 Å². The Bertz CT molecular complexity index is 1530. The number of H-pyrrole nitrogens is 1. The molecule has 2 N–H and O–H groups in total. The third-order valence-corrected chi connectivity index (χ3v) is 7.36. The van der Waals surface area contributed by atoms with Gasteiger partial charge in [-0.1, -0.05) is 60.7 Å². The predicted molar refractivity (Wildman–Crippen MR) is 144 cm³/mol. The number of hydrogen-bond donors (Lipinski definition) is 2. The van der Waals surface area contributed by atoms with E-state index in [4.69, 9.17) is 4.74 Å². The maximum Gasteiger partial charge on any atom is 0.332 e. The largest absolute Gasteiger partial charge is 0.385 e. The van der Waals surface area contributed by atoms with Gasteiger partial charge < -0.3 is 15.0 Å². The molecule has 2 aliphatic rings. The predicted octanol–water partition coefficient (Wildman–Crippen LogP) is 4.42. The number of rotatable bonds is 7. The van der Waals surface area contributed by atoms with Crippen LogP contribution in [0.2, 0.25) is 0 Å². The zero-order chi connectivity index (χ0) is 26.2. The fourth-order valence-corrected chi connectivity index (χ4v) is 5.65. The lowest BCUT2D eigenvalue weighted by Gasteiger charge is -2.36. The Morgan fingerprint density at radius 3 is 2.55 bits per heavy atom. The average Bonchev–Trinajstić information content (AvgIpc) is 3.44. The summed E-state index contributed by atoms with van der Waals surface area (Å²) in [5.41, 5.74) is 4.43.